The van der Waals surface area contributed by atoms with E-state index in [-0.39, 0.29) is 153 Å². The van der Waals surface area contributed by atoms with Gasteiger partial charge in [-0.05, 0) is 122 Å². The molecule has 4 fully saturated rings. The van der Waals surface area contributed by atoms with Crippen molar-refractivity contribution in [1.82, 2.24) is 37.2 Å². The number of alkyl halides is 2. The Hall–Kier alpha value is -9.94. The lowest BCUT2D eigenvalue weighted by Crippen LogP contribution is -2.71. The molecule has 2 heterocycles. The number of fused-ring (bicyclic) bond motifs is 9. The van der Waals surface area contributed by atoms with Crippen LogP contribution in [0.3, 0.4) is 0 Å². The summed E-state index contributed by atoms with van der Waals surface area (Å²) in [6, 6.07) is 16.7. The minimum absolute atomic E-state index is 0.0200. The number of para-hydroxylation sites is 1. The molecular formula is C82H108F2N10O22. The van der Waals surface area contributed by atoms with Gasteiger partial charge in [-0.2, -0.15) is 0 Å². The highest BCUT2D eigenvalue weighted by atomic mass is 19.1. The summed E-state index contributed by atoms with van der Waals surface area (Å²) < 4.78 is 80.1. The summed E-state index contributed by atoms with van der Waals surface area (Å²) in [5.41, 5.74) is 2.61. The minimum Gasteiger partial charge on any atom is -0.481 e. The maximum atomic E-state index is 17.9. The number of nitrogens with zero attached hydrogens (tertiary/aromatic N) is 1. The molecule has 9 rings (SSSR count). The zero-order valence-corrected chi connectivity index (χ0v) is 66.0. The Morgan fingerprint density at radius 2 is 1.36 bits per heavy atom. The number of aliphatic hydroxyl groups excluding tert-OH is 1. The van der Waals surface area contributed by atoms with Crippen molar-refractivity contribution in [2.45, 2.75) is 179 Å². The van der Waals surface area contributed by atoms with Gasteiger partial charge in [0.15, 0.2) is 29.1 Å². The number of carboxylic acids is 1. The van der Waals surface area contributed by atoms with Crippen LogP contribution in [0, 0.1) is 28.6 Å². The van der Waals surface area contributed by atoms with Crippen LogP contribution in [-0.4, -0.2) is 221 Å². The number of hydrogen-bond donors (Lipinski definition) is 11. The summed E-state index contributed by atoms with van der Waals surface area (Å²) in [5.74, 6) is -8.89. The maximum absolute atomic E-state index is 17.9. The van der Waals surface area contributed by atoms with Gasteiger partial charge in [0, 0.05) is 61.2 Å². The number of carbonyl (C=O) groups is 12. The molecule has 0 spiro atoms. The molecule has 116 heavy (non-hydrogen) atoms. The number of benzene rings is 3. The van der Waals surface area contributed by atoms with E-state index in [1.54, 1.807) is 25.7 Å². The van der Waals surface area contributed by atoms with Gasteiger partial charge in [-0.15, -0.1) is 0 Å². The molecule has 32 nitrogen and oxygen atoms in total. The zero-order valence-electron chi connectivity index (χ0n) is 66.0. The fourth-order valence-electron chi connectivity index (χ4n) is 16.2. The summed E-state index contributed by atoms with van der Waals surface area (Å²) in [6.07, 6.45) is 1.28. The smallest absolute Gasteiger partial charge is 0.407 e. The molecule has 0 aromatic heterocycles. The lowest BCUT2D eigenvalue weighted by atomic mass is 9.44. The molecule has 6 aliphatic rings. The maximum Gasteiger partial charge on any atom is 0.407 e. The molecule has 3 aromatic carbocycles. The number of amides is 10. The van der Waals surface area contributed by atoms with Gasteiger partial charge in [0.1, 0.15) is 50.8 Å². The number of nitrogens with one attached hydrogen (secondary N) is 8. The highest BCUT2D eigenvalue weighted by Gasteiger charge is 2.80. The van der Waals surface area contributed by atoms with Crippen molar-refractivity contribution in [3.05, 3.63) is 119 Å². The summed E-state index contributed by atoms with van der Waals surface area (Å²) in [6.45, 7) is 8.49. The number of hydrogen-bond acceptors (Lipinski definition) is 21. The standard InChI is InChI=1S/C82H108F2N10O22/c1-6-12-72-115-66-43-57-58-42-60(83)59-41-56(95)28-30-79(59,4)81(58,84)64(96)44-80(57,5)82(66,116-72)65(97)48-113-49-89-69(100)45-88-78(108)114-47-51-18-22-55(23-19-51)90-74(104)61(16-11-31-87-77(85)107)92-76(106)73(50(2)3)93-75(105)62(24-27-71(102)103)91-68(99)29-33-109-35-37-111-39-40-112-38-36-110-34-32-86-67(98)25-26-70(101)94-46-54-15-8-7-13-52(54)20-21-53-14-9-10-17-63(53)94/h7-10,13-15,17-23,28,30,41,50,57-58,60-62,64,66,72-73,96H,6,11-12,16,24-27,29,31-40,42-49H2,1-5H3,(H,86,98)(H,88,108)(H,89,100)(H,90,104)(H,91,99)(H,92,106)(H,93,105)(H,102,103)(H3,85,87,107)/b21-20-/t57-,58-,60-,61-,62-,64-,66+,72?,73-,79-,80-,81-,82+/m0/s1. The summed E-state index contributed by atoms with van der Waals surface area (Å²) in [5, 5.41) is 41.9. The number of carboxylic acid groups (broad SMARTS) is 1. The van der Waals surface area contributed by atoms with Gasteiger partial charge < -0.3 is 101 Å². The van der Waals surface area contributed by atoms with Crippen molar-refractivity contribution in [3.63, 3.8) is 0 Å². The van der Waals surface area contributed by atoms with Gasteiger partial charge in [0.05, 0.1) is 77.3 Å². The number of nitrogens with two attached hydrogens (primary N) is 1. The number of carbonyl (C=O) groups excluding carboxylic acids is 11. The predicted molar refractivity (Wildman–Crippen MR) is 416 cm³/mol. The van der Waals surface area contributed by atoms with Crippen molar-refractivity contribution in [2.75, 3.05) is 96.0 Å². The van der Waals surface area contributed by atoms with E-state index >= 15 is 8.78 Å². The molecule has 0 radical (unpaired) electrons. The van der Waals surface area contributed by atoms with Crippen molar-refractivity contribution < 1.29 is 114 Å². The normalized spacial score (nSPS) is 24.4. The molecule has 2 aliphatic heterocycles. The molecule has 632 valence electrons. The molecule has 3 aromatic rings. The fourth-order valence-corrected chi connectivity index (χ4v) is 16.2. The molecule has 3 saturated carbocycles. The number of rotatable bonds is 44. The number of anilines is 2. The molecule has 13 atom stereocenters. The number of ketones is 2. The molecule has 1 unspecified atom stereocenters. The number of allylic oxidation sites excluding steroid dienone is 4. The summed E-state index contributed by atoms with van der Waals surface area (Å²) >= 11 is 0. The van der Waals surface area contributed by atoms with Crippen LogP contribution in [0.25, 0.3) is 12.2 Å². The fraction of sp³-hybridized carbons (Fsp3) is 0.561. The first-order chi connectivity index (χ1) is 55.5. The van der Waals surface area contributed by atoms with E-state index in [0.29, 0.717) is 24.9 Å². The Morgan fingerprint density at radius 3 is 2.06 bits per heavy atom. The van der Waals surface area contributed by atoms with Gasteiger partial charge >= 0.3 is 18.1 Å². The van der Waals surface area contributed by atoms with Crippen molar-refractivity contribution in [1.29, 1.82) is 0 Å². The number of urea groups is 1. The Kier molecular flexibility index (Phi) is 32.8. The lowest BCUT2D eigenvalue weighted by Gasteiger charge is -2.63. The third kappa shape index (κ3) is 22.8. The molecule has 12 N–H and O–H groups in total. The first-order valence-electron chi connectivity index (χ1n) is 39.4. The van der Waals surface area contributed by atoms with Gasteiger partial charge in [0.2, 0.25) is 41.4 Å². The second kappa shape index (κ2) is 42.3. The van der Waals surface area contributed by atoms with Crippen LogP contribution in [0.2, 0.25) is 0 Å². The number of aliphatic carboxylic acids is 1. The highest BCUT2D eigenvalue weighted by molar-refractivity contribution is 6.02. The number of halogens is 2. The minimum atomic E-state index is -2.39. The van der Waals surface area contributed by atoms with Gasteiger partial charge in [-0.1, -0.05) is 107 Å². The van der Waals surface area contributed by atoms with Crippen LogP contribution >= 0.6 is 0 Å². The van der Waals surface area contributed by atoms with Crippen molar-refractivity contribution in [2.24, 2.45) is 34.3 Å². The average molecular weight is 1620 g/mol. The van der Waals surface area contributed by atoms with Crippen LogP contribution < -0.4 is 53.2 Å². The molecule has 0 bridgehead atoms. The molecule has 10 amide bonds. The Bertz CT molecular complexity index is 4090. The lowest BCUT2D eigenvalue weighted by molar-refractivity contribution is -0.235. The summed E-state index contributed by atoms with van der Waals surface area (Å²) in [4.78, 5) is 158. The Morgan fingerprint density at radius 1 is 0.690 bits per heavy atom. The van der Waals surface area contributed by atoms with E-state index in [0.717, 1.165) is 28.5 Å². The van der Waals surface area contributed by atoms with E-state index in [2.05, 4.69) is 42.5 Å². The van der Waals surface area contributed by atoms with Gasteiger partial charge in [-0.3, -0.25) is 47.9 Å². The molecule has 4 aliphatic carbocycles. The SMILES string of the molecule is CCCC1O[C@@H]2C[C@H]3[C@@H]4C[C@H](F)C5=CC(=O)C=C[C@]5(C)[C@@]4(F)[C@@H](O)C[C@]3(C)[C@]2(C(=O)COCNC(=O)CNC(=O)OCc2ccc(NC(=O)[C@H](CCCNC(N)=O)NC(=O)[C@@H](NC(=O)[C@H](CCC(=O)O)NC(=O)CCOCCOCCOCCOCCNC(=O)CCC(=O)N3Cc4ccccc4/C=C\c4ccccc43)C(C)C)cc2)O1. The van der Waals surface area contributed by atoms with Crippen LogP contribution in [0.1, 0.15) is 134 Å². The van der Waals surface area contributed by atoms with Gasteiger partial charge in [-0.25, -0.2) is 18.4 Å². The molecular weight excluding hydrogens is 1510 g/mol. The zero-order chi connectivity index (χ0) is 83.7. The first kappa shape index (κ1) is 90.0. The Balaban J connectivity index is 0.640. The van der Waals surface area contributed by atoms with Crippen LogP contribution in [0.15, 0.2) is 96.6 Å². The second-order valence-electron chi connectivity index (χ2n) is 30.3. The molecule has 34 heteroatoms. The monoisotopic (exact) mass is 1620 g/mol. The largest absolute Gasteiger partial charge is 0.481 e. The number of Topliss-reactive ketones (excluding diaryl/α,β-unsaturated/α-hetero) is 1. The Labute approximate surface area is 671 Å². The van der Waals surface area contributed by atoms with Gasteiger partial charge in [0.25, 0.3) is 0 Å². The third-order valence-corrected chi connectivity index (χ3v) is 22.2. The quantitative estimate of drug-likeness (QED) is 0.0255. The van der Waals surface area contributed by atoms with E-state index < -0.39 is 168 Å². The number of ether oxygens (including phenoxy) is 8. The van der Waals surface area contributed by atoms with Crippen LogP contribution in [0.5, 0.6) is 0 Å². The van der Waals surface area contributed by atoms with Crippen molar-refractivity contribution in [3.8, 4) is 0 Å². The van der Waals surface area contributed by atoms with Crippen LogP contribution in [-0.2, 0) is 99.0 Å². The number of alkyl carbamates (subject to hydrolysis) is 1. The highest BCUT2D eigenvalue weighted by Crippen LogP contribution is 2.72. The molecule has 1 saturated heterocycles. The first-order valence-corrected chi connectivity index (χ1v) is 39.4. The van der Waals surface area contributed by atoms with E-state index in [4.69, 9.17) is 43.6 Å². The van der Waals surface area contributed by atoms with E-state index in [1.807, 2.05) is 67.6 Å². The van der Waals surface area contributed by atoms with Crippen LogP contribution in [0.4, 0.5) is 29.7 Å². The predicted octanol–water partition coefficient (Wildman–Crippen LogP) is 5.21. The summed E-state index contributed by atoms with van der Waals surface area (Å²) in [7, 11) is 0. The number of aliphatic hydroxyl groups is 1. The second-order valence-corrected chi connectivity index (χ2v) is 30.3. The number of primary amides is 1. The average Bonchev–Trinajstić information content (AvgIpc) is 1.44. The third-order valence-electron chi connectivity index (χ3n) is 22.2. The van der Waals surface area contributed by atoms with Crippen molar-refractivity contribution >= 4 is 94.5 Å². The topological polar surface area (TPSA) is 445 Å². The van der Waals surface area contributed by atoms with E-state index in [9.17, 15) is 67.7 Å². The van der Waals surface area contributed by atoms with E-state index in [1.165, 1.54) is 43.3 Å².